The fourth-order valence-electron chi connectivity index (χ4n) is 2.95. The number of aliphatic hydroxyl groups is 1. The predicted octanol–water partition coefficient (Wildman–Crippen LogP) is 0.577. The average molecular weight is 306 g/mol. The van der Waals surface area contributed by atoms with Crippen LogP contribution in [-0.4, -0.2) is 66.1 Å². The highest BCUT2D eigenvalue weighted by Crippen LogP contribution is 2.25. The van der Waals surface area contributed by atoms with E-state index in [2.05, 4.69) is 0 Å². The van der Waals surface area contributed by atoms with Gasteiger partial charge in [0.25, 0.3) is 10.2 Å². The van der Waals surface area contributed by atoms with E-state index in [9.17, 15) is 13.5 Å². The second kappa shape index (κ2) is 5.88. The average Bonchev–Trinajstić information content (AvgIpc) is 2.49. The van der Waals surface area contributed by atoms with Crippen LogP contribution in [-0.2, 0) is 14.9 Å². The van der Waals surface area contributed by atoms with E-state index < -0.39 is 15.8 Å². The third-order valence-electron chi connectivity index (χ3n) is 4.06. The van der Waals surface area contributed by atoms with Gasteiger partial charge in [0.1, 0.15) is 0 Å². The minimum absolute atomic E-state index is 0.0800. The molecule has 0 radical (unpaired) electrons. The summed E-state index contributed by atoms with van der Waals surface area (Å²) in [6.45, 7) is 7.24. The van der Waals surface area contributed by atoms with Gasteiger partial charge in [-0.2, -0.15) is 17.0 Å². The largest absolute Gasteiger partial charge is 0.390 e. The first-order valence-corrected chi connectivity index (χ1v) is 8.73. The van der Waals surface area contributed by atoms with Crippen LogP contribution in [0, 0.1) is 0 Å². The molecule has 7 heteroatoms. The van der Waals surface area contributed by atoms with Crippen molar-refractivity contribution in [3.05, 3.63) is 0 Å². The van der Waals surface area contributed by atoms with Crippen molar-refractivity contribution in [2.75, 3.05) is 26.2 Å². The third kappa shape index (κ3) is 3.71. The Balaban J connectivity index is 2.09. The molecule has 0 aromatic rings. The lowest BCUT2D eigenvalue weighted by atomic mass is 9.98. The van der Waals surface area contributed by atoms with Crippen LogP contribution in [0.5, 0.6) is 0 Å². The summed E-state index contributed by atoms with van der Waals surface area (Å²) >= 11 is 0. The number of rotatable bonds is 2. The summed E-state index contributed by atoms with van der Waals surface area (Å²) < 4.78 is 34.0. The number of hydrogen-bond donors (Lipinski definition) is 1. The fraction of sp³-hybridized carbons (Fsp3) is 1.00. The predicted molar refractivity (Wildman–Crippen MR) is 76.5 cm³/mol. The summed E-state index contributed by atoms with van der Waals surface area (Å²) in [6, 6.07) is 0. The van der Waals surface area contributed by atoms with Crippen molar-refractivity contribution in [2.45, 2.75) is 57.8 Å². The van der Waals surface area contributed by atoms with E-state index >= 15 is 0 Å². The second-order valence-corrected chi connectivity index (χ2v) is 8.26. The number of nitrogens with zero attached hydrogens (tertiary/aromatic N) is 2. The van der Waals surface area contributed by atoms with Gasteiger partial charge in [0, 0.05) is 26.2 Å². The van der Waals surface area contributed by atoms with E-state index in [0.29, 0.717) is 45.4 Å². The zero-order valence-corrected chi connectivity index (χ0v) is 13.4. The van der Waals surface area contributed by atoms with E-state index in [1.54, 1.807) is 6.92 Å². The van der Waals surface area contributed by atoms with Gasteiger partial charge in [-0.1, -0.05) is 0 Å². The highest BCUT2D eigenvalue weighted by atomic mass is 32.2. The first-order chi connectivity index (χ1) is 9.21. The van der Waals surface area contributed by atoms with E-state index in [-0.39, 0.29) is 12.2 Å². The Kier molecular flexibility index (Phi) is 4.76. The van der Waals surface area contributed by atoms with Gasteiger partial charge in [0.05, 0.1) is 17.8 Å². The molecule has 1 N–H and O–H groups in total. The summed E-state index contributed by atoms with van der Waals surface area (Å²) in [5, 5.41) is 10.1. The molecule has 0 bridgehead atoms. The van der Waals surface area contributed by atoms with Gasteiger partial charge in [-0.05, 0) is 40.0 Å². The van der Waals surface area contributed by atoms with Crippen LogP contribution in [0.15, 0.2) is 0 Å². The van der Waals surface area contributed by atoms with Crippen LogP contribution in [0.25, 0.3) is 0 Å². The van der Waals surface area contributed by atoms with Gasteiger partial charge in [-0.3, -0.25) is 0 Å². The standard InChI is InChI=1S/C13H26N2O4S/c1-11-9-15(10-12(2)19-11)20(17,18)14-7-4-5-13(3,16)6-8-14/h11-12,16H,4-10H2,1-3H3. The molecule has 0 amide bonds. The molecule has 2 fully saturated rings. The zero-order valence-electron chi connectivity index (χ0n) is 12.6. The molecule has 6 nitrogen and oxygen atoms in total. The van der Waals surface area contributed by atoms with E-state index in [1.165, 1.54) is 8.61 Å². The van der Waals surface area contributed by atoms with Crippen molar-refractivity contribution in [2.24, 2.45) is 0 Å². The molecule has 2 rings (SSSR count). The lowest BCUT2D eigenvalue weighted by molar-refractivity contribution is -0.0455. The Morgan fingerprint density at radius 1 is 1.10 bits per heavy atom. The summed E-state index contributed by atoms with van der Waals surface area (Å²) in [7, 11) is -3.45. The molecule has 2 heterocycles. The zero-order chi connectivity index (χ0) is 15.0. The van der Waals surface area contributed by atoms with Crippen LogP contribution in [0.4, 0.5) is 0 Å². The lowest BCUT2D eigenvalue weighted by Gasteiger charge is -2.37. The summed E-state index contributed by atoms with van der Waals surface area (Å²) in [5.74, 6) is 0. The Morgan fingerprint density at radius 3 is 2.30 bits per heavy atom. The summed E-state index contributed by atoms with van der Waals surface area (Å²) in [5.41, 5.74) is -0.754. The molecule has 0 saturated carbocycles. The van der Waals surface area contributed by atoms with Gasteiger partial charge in [-0.15, -0.1) is 0 Å². The molecule has 2 aliphatic rings. The SMILES string of the molecule is CC1CN(S(=O)(=O)N2CCCC(C)(O)CC2)CC(C)O1. The molecule has 0 aromatic heterocycles. The van der Waals surface area contributed by atoms with Gasteiger partial charge < -0.3 is 9.84 Å². The summed E-state index contributed by atoms with van der Waals surface area (Å²) in [4.78, 5) is 0. The lowest BCUT2D eigenvalue weighted by Crippen LogP contribution is -2.53. The maximum Gasteiger partial charge on any atom is 0.282 e. The van der Waals surface area contributed by atoms with Crippen LogP contribution < -0.4 is 0 Å². The molecule has 0 aromatic carbocycles. The molecular weight excluding hydrogens is 280 g/mol. The number of ether oxygens (including phenoxy) is 1. The Labute approximate surface area is 121 Å². The fourth-order valence-corrected chi connectivity index (χ4v) is 4.76. The monoisotopic (exact) mass is 306 g/mol. The van der Waals surface area contributed by atoms with Crippen LogP contribution in [0.2, 0.25) is 0 Å². The quantitative estimate of drug-likeness (QED) is 0.810. The van der Waals surface area contributed by atoms with Crippen molar-refractivity contribution in [1.82, 2.24) is 8.61 Å². The van der Waals surface area contributed by atoms with Crippen molar-refractivity contribution in [3.8, 4) is 0 Å². The Hall–Kier alpha value is -0.210. The first-order valence-electron chi connectivity index (χ1n) is 7.34. The molecule has 0 aliphatic carbocycles. The molecule has 2 saturated heterocycles. The van der Waals surface area contributed by atoms with Crippen molar-refractivity contribution >= 4 is 10.2 Å². The van der Waals surface area contributed by atoms with Gasteiger partial charge in [0.2, 0.25) is 0 Å². The van der Waals surface area contributed by atoms with Gasteiger partial charge in [-0.25, -0.2) is 0 Å². The summed E-state index contributed by atoms with van der Waals surface area (Å²) in [6.07, 6.45) is 1.67. The smallest absolute Gasteiger partial charge is 0.282 e. The minimum atomic E-state index is -3.45. The highest BCUT2D eigenvalue weighted by molar-refractivity contribution is 7.86. The second-order valence-electron chi connectivity index (χ2n) is 6.33. The number of hydrogen-bond acceptors (Lipinski definition) is 4. The number of morpholine rings is 1. The molecule has 3 unspecified atom stereocenters. The maximum atomic E-state index is 12.7. The van der Waals surface area contributed by atoms with Crippen LogP contribution in [0.3, 0.4) is 0 Å². The van der Waals surface area contributed by atoms with E-state index in [0.717, 1.165) is 0 Å². The maximum absolute atomic E-state index is 12.7. The highest BCUT2D eigenvalue weighted by Gasteiger charge is 2.37. The molecule has 20 heavy (non-hydrogen) atoms. The molecule has 118 valence electrons. The molecule has 3 atom stereocenters. The van der Waals surface area contributed by atoms with Crippen LogP contribution >= 0.6 is 0 Å². The topological polar surface area (TPSA) is 70.1 Å². The van der Waals surface area contributed by atoms with E-state index in [4.69, 9.17) is 4.74 Å². The van der Waals surface area contributed by atoms with Gasteiger partial charge >= 0.3 is 0 Å². The molecule has 2 aliphatic heterocycles. The molecule has 0 spiro atoms. The Morgan fingerprint density at radius 2 is 1.70 bits per heavy atom. The van der Waals surface area contributed by atoms with Crippen molar-refractivity contribution < 1.29 is 18.3 Å². The van der Waals surface area contributed by atoms with E-state index in [1.807, 2.05) is 13.8 Å². The Bertz CT molecular complexity index is 428. The third-order valence-corrected chi connectivity index (χ3v) is 6.03. The minimum Gasteiger partial charge on any atom is -0.390 e. The normalized spacial score (nSPS) is 38.6. The van der Waals surface area contributed by atoms with Gasteiger partial charge in [0.15, 0.2) is 0 Å². The first kappa shape index (κ1) is 16.2. The van der Waals surface area contributed by atoms with Crippen molar-refractivity contribution in [1.29, 1.82) is 0 Å². The molecular formula is C13H26N2O4S. The van der Waals surface area contributed by atoms with Crippen molar-refractivity contribution in [3.63, 3.8) is 0 Å². The van der Waals surface area contributed by atoms with Crippen LogP contribution in [0.1, 0.15) is 40.0 Å².